The molecular formula is C9H15NO3. The van der Waals surface area contributed by atoms with Gasteiger partial charge in [-0.25, -0.2) is 4.79 Å². The summed E-state index contributed by atoms with van der Waals surface area (Å²) in [7, 11) is 0. The largest absolute Gasteiger partial charge is 0.477 e. The lowest BCUT2D eigenvalue weighted by atomic mass is 10.1. The summed E-state index contributed by atoms with van der Waals surface area (Å²) in [6.07, 6.45) is 0.359. The Kier molecular flexibility index (Phi) is 2.71. The Morgan fingerprint density at radius 3 is 2.62 bits per heavy atom. The Labute approximate surface area is 77.6 Å². The number of aliphatic imine (C=N–C) groups is 1. The molecule has 4 heteroatoms. The molecule has 74 valence electrons. The fraction of sp³-hybridized carbons (Fsp3) is 0.778. The number of hydrogen-bond acceptors (Lipinski definition) is 3. The fourth-order valence-corrected chi connectivity index (χ4v) is 1.29. The van der Waals surface area contributed by atoms with Crippen LogP contribution in [0.15, 0.2) is 4.99 Å². The molecule has 1 aliphatic heterocycles. The number of nitrogens with zero attached hydrogens (tertiary/aromatic N) is 1. The molecule has 0 aromatic carbocycles. The molecule has 0 fully saturated rings. The van der Waals surface area contributed by atoms with Crippen molar-refractivity contribution in [3.8, 4) is 0 Å². The van der Waals surface area contributed by atoms with Gasteiger partial charge in [-0.15, -0.1) is 0 Å². The summed E-state index contributed by atoms with van der Waals surface area (Å²) in [5.74, 6) is -0.931. The van der Waals surface area contributed by atoms with E-state index in [1.807, 2.05) is 20.8 Å². The molecule has 1 unspecified atom stereocenters. The molecule has 1 atom stereocenters. The van der Waals surface area contributed by atoms with Gasteiger partial charge in [0, 0.05) is 6.42 Å². The Morgan fingerprint density at radius 1 is 1.62 bits per heavy atom. The van der Waals surface area contributed by atoms with E-state index in [0.717, 1.165) is 0 Å². The van der Waals surface area contributed by atoms with E-state index in [2.05, 4.69) is 4.99 Å². The molecule has 1 rings (SSSR count). The van der Waals surface area contributed by atoms with Gasteiger partial charge in [0.1, 0.15) is 5.71 Å². The average molecular weight is 185 g/mol. The lowest BCUT2D eigenvalue weighted by Crippen LogP contribution is -2.28. The maximum Gasteiger partial charge on any atom is 0.349 e. The number of carboxylic acid groups (broad SMARTS) is 1. The number of carbonyl (C=O) groups is 1. The van der Waals surface area contributed by atoms with Crippen LogP contribution in [0.25, 0.3) is 0 Å². The predicted molar refractivity (Wildman–Crippen MR) is 49.2 cm³/mol. The van der Waals surface area contributed by atoms with E-state index in [1.54, 1.807) is 0 Å². The van der Waals surface area contributed by atoms with Crippen molar-refractivity contribution in [1.29, 1.82) is 0 Å². The smallest absolute Gasteiger partial charge is 0.349 e. The molecule has 0 aromatic heterocycles. The van der Waals surface area contributed by atoms with Gasteiger partial charge in [0.25, 0.3) is 0 Å². The minimum atomic E-state index is -0.931. The highest BCUT2D eigenvalue weighted by Gasteiger charge is 2.27. The van der Waals surface area contributed by atoms with Crippen molar-refractivity contribution in [1.82, 2.24) is 0 Å². The molecular weight excluding hydrogens is 170 g/mol. The third-order valence-corrected chi connectivity index (χ3v) is 1.67. The van der Waals surface area contributed by atoms with Crippen LogP contribution in [0.1, 0.15) is 27.2 Å². The number of ether oxygens (including phenoxy) is 1. The van der Waals surface area contributed by atoms with Crippen LogP contribution in [0.4, 0.5) is 0 Å². The van der Waals surface area contributed by atoms with Gasteiger partial charge in [-0.05, 0) is 20.8 Å². The van der Waals surface area contributed by atoms with Crippen molar-refractivity contribution in [2.45, 2.75) is 38.9 Å². The second-order valence-electron chi connectivity index (χ2n) is 4.15. The molecule has 0 amide bonds. The molecule has 1 N–H and O–H groups in total. The zero-order chi connectivity index (χ0) is 10.1. The van der Waals surface area contributed by atoms with Crippen molar-refractivity contribution in [3.63, 3.8) is 0 Å². The summed E-state index contributed by atoms with van der Waals surface area (Å²) >= 11 is 0. The Bertz CT molecular complexity index is 240. The predicted octanol–water partition coefficient (Wildman–Crippen LogP) is 1.10. The topological polar surface area (TPSA) is 58.9 Å². The molecule has 0 saturated carbocycles. The van der Waals surface area contributed by atoms with Crippen LogP contribution in [0, 0.1) is 0 Å². The minimum Gasteiger partial charge on any atom is -0.477 e. The average Bonchev–Trinajstić information content (AvgIpc) is 2.31. The van der Waals surface area contributed by atoms with Crippen molar-refractivity contribution >= 4 is 11.7 Å². The monoisotopic (exact) mass is 185 g/mol. The molecule has 0 aromatic rings. The first-order valence-corrected chi connectivity index (χ1v) is 4.33. The SMILES string of the molecule is CC(C)(C)OC1CN=C(C(=O)O)C1. The maximum atomic E-state index is 10.5. The van der Waals surface area contributed by atoms with Crippen LogP contribution in [-0.2, 0) is 9.53 Å². The minimum absolute atomic E-state index is 0.0638. The number of hydrogen-bond donors (Lipinski definition) is 1. The highest BCUT2D eigenvalue weighted by Crippen LogP contribution is 2.17. The molecule has 1 aliphatic rings. The lowest BCUT2D eigenvalue weighted by Gasteiger charge is -2.23. The van der Waals surface area contributed by atoms with Crippen molar-refractivity contribution < 1.29 is 14.6 Å². The maximum absolute atomic E-state index is 10.5. The van der Waals surface area contributed by atoms with Crippen LogP contribution < -0.4 is 0 Å². The van der Waals surface area contributed by atoms with Gasteiger partial charge in [-0.1, -0.05) is 0 Å². The van der Waals surface area contributed by atoms with E-state index >= 15 is 0 Å². The molecule has 0 spiro atoms. The van der Waals surface area contributed by atoms with Gasteiger partial charge in [-0.2, -0.15) is 0 Å². The molecule has 4 nitrogen and oxygen atoms in total. The van der Waals surface area contributed by atoms with E-state index in [-0.39, 0.29) is 17.4 Å². The van der Waals surface area contributed by atoms with Crippen molar-refractivity contribution in [2.24, 2.45) is 4.99 Å². The summed E-state index contributed by atoms with van der Waals surface area (Å²) in [6.45, 7) is 6.32. The van der Waals surface area contributed by atoms with Crippen molar-refractivity contribution in [3.05, 3.63) is 0 Å². The van der Waals surface area contributed by atoms with E-state index in [4.69, 9.17) is 9.84 Å². The summed E-state index contributed by atoms with van der Waals surface area (Å²) in [4.78, 5) is 14.4. The molecule has 1 heterocycles. The van der Waals surface area contributed by atoms with Crippen LogP contribution in [0.2, 0.25) is 0 Å². The van der Waals surface area contributed by atoms with Gasteiger partial charge in [0.15, 0.2) is 0 Å². The summed E-state index contributed by atoms with van der Waals surface area (Å²) in [6, 6.07) is 0. The van der Waals surface area contributed by atoms with Gasteiger partial charge < -0.3 is 9.84 Å². The van der Waals surface area contributed by atoms with Gasteiger partial charge in [-0.3, -0.25) is 4.99 Å². The third-order valence-electron chi connectivity index (χ3n) is 1.67. The van der Waals surface area contributed by atoms with Crippen LogP contribution in [0.3, 0.4) is 0 Å². The molecule has 0 saturated heterocycles. The Balaban J connectivity index is 2.42. The van der Waals surface area contributed by atoms with Crippen LogP contribution in [-0.4, -0.2) is 35.0 Å². The first kappa shape index (κ1) is 10.2. The third kappa shape index (κ3) is 3.14. The molecule has 0 aliphatic carbocycles. The Hall–Kier alpha value is -0.900. The Morgan fingerprint density at radius 2 is 2.23 bits per heavy atom. The first-order chi connectivity index (χ1) is 5.88. The number of rotatable bonds is 2. The van der Waals surface area contributed by atoms with Gasteiger partial charge in [0.2, 0.25) is 0 Å². The summed E-state index contributed by atoms with van der Waals surface area (Å²) in [5.41, 5.74) is 0.00275. The van der Waals surface area contributed by atoms with Crippen molar-refractivity contribution in [2.75, 3.05) is 6.54 Å². The van der Waals surface area contributed by atoms with E-state index < -0.39 is 5.97 Å². The fourth-order valence-electron chi connectivity index (χ4n) is 1.29. The van der Waals surface area contributed by atoms with Gasteiger partial charge in [0.05, 0.1) is 18.2 Å². The normalized spacial score (nSPS) is 23.0. The number of carboxylic acids is 1. The second kappa shape index (κ2) is 3.46. The van der Waals surface area contributed by atoms with E-state index in [1.165, 1.54) is 0 Å². The molecule has 13 heavy (non-hydrogen) atoms. The second-order valence-corrected chi connectivity index (χ2v) is 4.15. The zero-order valence-electron chi connectivity index (χ0n) is 8.20. The lowest BCUT2D eigenvalue weighted by molar-refractivity contribution is -0.129. The van der Waals surface area contributed by atoms with Crippen LogP contribution >= 0.6 is 0 Å². The highest BCUT2D eigenvalue weighted by molar-refractivity contribution is 6.36. The zero-order valence-corrected chi connectivity index (χ0v) is 8.20. The molecule has 0 radical (unpaired) electrons. The number of aliphatic carboxylic acids is 1. The molecule has 0 bridgehead atoms. The highest BCUT2D eigenvalue weighted by atomic mass is 16.5. The quantitative estimate of drug-likeness (QED) is 0.700. The van der Waals surface area contributed by atoms with E-state index in [0.29, 0.717) is 13.0 Å². The standard InChI is InChI=1S/C9H15NO3/c1-9(2,3)13-6-4-7(8(11)12)10-5-6/h6H,4-5H2,1-3H3,(H,11,12). The van der Waals surface area contributed by atoms with E-state index in [9.17, 15) is 4.79 Å². The first-order valence-electron chi connectivity index (χ1n) is 4.33. The summed E-state index contributed by atoms with van der Waals surface area (Å²) in [5, 5.41) is 8.64. The van der Waals surface area contributed by atoms with Crippen LogP contribution in [0.5, 0.6) is 0 Å². The van der Waals surface area contributed by atoms with Gasteiger partial charge >= 0.3 is 5.97 Å². The summed E-state index contributed by atoms with van der Waals surface area (Å²) < 4.78 is 5.60.